The van der Waals surface area contributed by atoms with Gasteiger partial charge in [-0.3, -0.25) is 0 Å². The fourth-order valence-electron chi connectivity index (χ4n) is 7.61. The second kappa shape index (κ2) is 20.3. The third-order valence-electron chi connectivity index (χ3n) is 10.2. The molecule has 2 fully saturated rings. The van der Waals surface area contributed by atoms with Crippen molar-refractivity contribution in [3.63, 3.8) is 0 Å². The van der Waals surface area contributed by atoms with E-state index in [1.165, 1.54) is 114 Å². The Morgan fingerprint density at radius 3 is 1.89 bits per heavy atom. The molecular weight excluding hydrogens is 707 g/mol. The summed E-state index contributed by atoms with van der Waals surface area (Å²) in [5.74, 6) is 2.29. The summed E-state index contributed by atoms with van der Waals surface area (Å²) in [6, 6.07) is 32.4. The average molecular weight is 761 g/mol. The summed E-state index contributed by atoms with van der Waals surface area (Å²) in [6.07, 6.45) is 15.3. The molecule has 2 aliphatic rings. The summed E-state index contributed by atoms with van der Waals surface area (Å²) in [6.45, 7) is 11.1. The van der Waals surface area contributed by atoms with Gasteiger partial charge in [-0.1, -0.05) is 126 Å². The normalized spacial score (nSPS) is 15.8. The number of hydrogen-bond acceptors (Lipinski definition) is 0. The van der Waals surface area contributed by atoms with E-state index in [1.54, 1.807) is 11.1 Å². The number of fused-ring (bicyclic) bond motifs is 2. The molecule has 0 amide bonds. The fraction of sp³-hybridized carbons (Fsp3) is 0.442. The second-order valence-electron chi connectivity index (χ2n) is 13.7. The van der Waals surface area contributed by atoms with Crippen LogP contribution in [-0.2, 0) is 20.8 Å². The predicted molar refractivity (Wildman–Crippen MR) is 209 cm³/mol. The topological polar surface area (TPSA) is 0 Å². The van der Waals surface area contributed by atoms with Crippen LogP contribution >= 0.6 is 17.0 Å². The van der Waals surface area contributed by atoms with Gasteiger partial charge in [-0.05, 0) is 54.6 Å². The first-order valence-corrected chi connectivity index (χ1v) is 26.3. The monoisotopic (exact) mass is 758 g/mol. The van der Waals surface area contributed by atoms with Crippen LogP contribution in [0.1, 0.15) is 124 Å². The van der Waals surface area contributed by atoms with E-state index in [0.717, 1.165) is 21.4 Å². The molecule has 0 saturated heterocycles. The Morgan fingerprint density at radius 2 is 1.30 bits per heavy atom. The average Bonchev–Trinajstić information content (AvgIpc) is 3.73. The van der Waals surface area contributed by atoms with Gasteiger partial charge in [0.15, 0.2) is 0 Å². The molecule has 0 aliphatic heterocycles. The standard InChI is InChI=1S/C22H23.C19H25.C2H6Si.2ClH.Zr/c1-16-14-20-8-5-9-21(22(20)15-16)19-12-10-18(11-13-19)17-6-3-2-4-7-17;1-3-14(2)18-11-7-10-16-12-17(13-19(16)18)15-8-5-4-6-9-15;1-3-2;;;/h5,8-15,17H,2-4,6-7H2,1H3;7,10-15H,3-6,8-9H2,1-2H3;1-2H3;2*1H;/q2*-1;;;;+4/p-2. The molecule has 4 heteroatoms. The van der Waals surface area contributed by atoms with Gasteiger partial charge in [-0.15, -0.1) is 69.1 Å². The van der Waals surface area contributed by atoms with Crippen LogP contribution in [-0.4, -0.2) is 9.52 Å². The van der Waals surface area contributed by atoms with Crippen molar-refractivity contribution in [1.82, 2.24) is 0 Å². The molecule has 0 heterocycles. The Hall–Kier alpha value is -1.44. The second-order valence-corrected chi connectivity index (χ2v) is 18.4. The Labute approximate surface area is 307 Å². The summed E-state index contributed by atoms with van der Waals surface area (Å²) >= 11 is -0.826. The van der Waals surface area contributed by atoms with Crippen molar-refractivity contribution in [2.24, 2.45) is 0 Å². The van der Waals surface area contributed by atoms with Gasteiger partial charge in [0.25, 0.3) is 0 Å². The predicted octanol–water partition coefficient (Wildman–Crippen LogP) is 14.9. The van der Waals surface area contributed by atoms with Crippen molar-refractivity contribution in [2.75, 3.05) is 0 Å². The van der Waals surface area contributed by atoms with Gasteiger partial charge >= 0.3 is 37.9 Å². The van der Waals surface area contributed by atoms with Crippen molar-refractivity contribution >= 4 is 48.1 Å². The molecule has 2 aliphatic carbocycles. The molecule has 1 atom stereocenters. The van der Waals surface area contributed by atoms with Gasteiger partial charge in [0.1, 0.15) is 0 Å². The molecule has 0 aromatic heterocycles. The summed E-state index contributed by atoms with van der Waals surface area (Å²) < 4.78 is 0. The van der Waals surface area contributed by atoms with E-state index in [9.17, 15) is 0 Å². The van der Waals surface area contributed by atoms with Gasteiger partial charge in [0, 0.05) is 9.52 Å². The van der Waals surface area contributed by atoms with Crippen LogP contribution in [0.4, 0.5) is 0 Å². The molecule has 0 spiro atoms. The first-order chi connectivity index (χ1) is 22.9. The van der Waals surface area contributed by atoms with Crippen molar-refractivity contribution in [3.05, 3.63) is 107 Å². The van der Waals surface area contributed by atoms with Crippen LogP contribution in [0.3, 0.4) is 0 Å². The number of aryl methyl sites for hydroxylation is 1. The maximum atomic E-state index is 4.93. The zero-order valence-electron chi connectivity index (χ0n) is 29.3. The van der Waals surface area contributed by atoms with E-state index >= 15 is 0 Å². The molecule has 5 aromatic carbocycles. The SMILES string of the molecule is CCC(C)c1cccc2[cH-]c(C3CCCCC3)cc12.C[Si]C.Cc1cc2c(-c3ccc(C4CCCCC4)cc3)cccc2[cH-]1.[Cl][Zr+2][Cl]. The van der Waals surface area contributed by atoms with Crippen LogP contribution < -0.4 is 0 Å². The van der Waals surface area contributed by atoms with Gasteiger partial charge in [0.2, 0.25) is 0 Å². The molecule has 0 nitrogen and oxygen atoms in total. The Balaban J connectivity index is 0.000000184. The Kier molecular flexibility index (Phi) is 16.6. The van der Waals surface area contributed by atoms with E-state index in [2.05, 4.69) is 119 Å². The minimum atomic E-state index is -0.826. The van der Waals surface area contributed by atoms with Crippen LogP contribution in [0, 0.1) is 6.92 Å². The number of benzene rings is 3. The van der Waals surface area contributed by atoms with E-state index in [4.69, 9.17) is 17.0 Å². The van der Waals surface area contributed by atoms with E-state index < -0.39 is 20.8 Å². The summed E-state index contributed by atoms with van der Waals surface area (Å²) in [5.41, 5.74) is 8.74. The zero-order valence-corrected chi connectivity index (χ0v) is 34.3. The van der Waals surface area contributed by atoms with E-state index in [0.29, 0.717) is 5.92 Å². The molecule has 2 saturated carbocycles. The Morgan fingerprint density at radius 1 is 0.745 bits per heavy atom. The maximum absolute atomic E-state index is 4.93. The number of halogens is 2. The summed E-state index contributed by atoms with van der Waals surface area (Å²) in [4.78, 5) is 0. The Bertz CT molecular complexity index is 1600. The molecule has 0 N–H and O–H groups in total. The molecule has 7 rings (SSSR count). The molecule has 0 bridgehead atoms. The molecule has 248 valence electrons. The zero-order chi connectivity index (χ0) is 33.6. The van der Waals surface area contributed by atoms with E-state index in [1.807, 2.05) is 0 Å². The molecule has 47 heavy (non-hydrogen) atoms. The van der Waals surface area contributed by atoms with Crippen LogP contribution in [0.2, 0.25) is 13.1 Å². The molecule has 1 unspecified atom stereocenters. The van der Waals surface area contributed by atoms with Crippen molar-refractivity contribution < 1.29 is 20.8 Å². The number of rotatable bonds is 5. The summed E-state index contributed by atoms with van der Waals surface area (Å²) in [5, 5.41) is 5.70. The summed E-state index contributed by atoms with van der Waals surface area (Å²) in [7, 11) is 11.0. The van der Waals surface area contributed by atoms with Gasteiger partial charge in [-0.2, -0.15) is 12.1 Å². The van der Waals surface area contributed by atoms with Gasteiger partial charge < -0.3 is 0 Å². The molecule has 5 aromatic rings. The van der Waals surface area contributed by atoms with Gasteiger partial charge in [-0.25, -0.2) is 0 Å². The van der Waals surface area contributed by atoms with Crippen molar-refractivity contribution in [2.45, 2.75) is 122 Å². The van der Waals surface area contributed by atoms with Crippen LogP contribution in [0.15, 0.2) is 84.9 Å². The first kappa shape index (κ1) is 38.4. The van der Waals surface area contributed by atoms with Crippen molar-refractivity contribution in [3.8, 4) is 11.1 Å². The van der Waals surface area contributed by atoms with Gasteiger partial charge in [0.05, 0.1) is 0 Å². The van der Waals surface area contributed by atoms with Crippen molar-refractivity contribution in [1.29, 1.82) is 0 Å². The third-order valence-corrected chi connectivity index (χ3v) is 10.2. The fourth-order valence-corrected chi connectivity index (χ4v) is 7.61. The molecule has 2 radical (unpaired) electrons. The third kappa shape index (κ3) is 10.8. The van der Waals surface area contributed by atoms with Crippen LogP contribution in [0.25, 0.3) is 32.7 Å². The van der Waals surface area contributed by atoms with Crippen LogP contribution in [0.5, 0.6) is 0 Å². The first-order valence-electron chi connectivity index (χ1n) is 17.9. The molecular formula is C43H54Cl2SiZr. The van der Waals surface area contributed by atoms with E-state index in [-0.39, 0.29) is 0 Å². The quantitative estimate of drug-likeness (QED) is 0.124. The number of hydrogen-bond donors (Lipinski definition) is 0. The minimum absolute atomic E-state index is 0.672.